The summed E-state index contributed by atoms with van der Waals surface area (Å²) in [7, 11) is 0. The standard InChI is InChI=1S/C13H16O5/c1-5-16-8-7-10(3)12(14)18-13(15)11(4)9-17-6-2/h5-6,9H,1-3,7-8H2,4H3. The fourth-order valence-electron chi connectivity index (χ4n) is 0.803. The Labute approximate surface area is 106 Å². The van der Waals surface area contributed by atoms with Crippen LogP contribution in [0.1, 0.15) is 13.3 Å². The van der Waals surface area contributed by atoms with Crippen molar-refractivity contribution in [2.45, 2.75) is 13.3 Å². The molecule has 0 aromatic carbocycles. The van der Waals surface area contributed by atoms with E-state index < -0.39 is 11.9 Å². The van der Waals surface area contributed by atoms with E-state index in [1.165, 1.54) is 13.2 Å². The molecule has 0 unspecified atom stereocenters. The first-order chi connectivity index (χ1) is 8.52. The summed E-state index contributed by atoms with van der Waals surface area (Å²) in [5.74, 6) is -1.59. The molecule has 0 aliphatic carbocycles. The van der Waals surface area contributed by atoms with Gasteiger partial charge in [0, 0.05) is 12.0 Å². The van der Waals surface area contributed by atoms with Crippen molar-refractivity contribution >= 4 is 11.9 Å². The van der Waals surface area contributed by atoms with Gasteiger partial charge in [0.2, 0.25) is 0 Å². The molecule has 0 aliphatic heterocycles. The first-order valence-electron chi connectivity index (χ1n) is 5.12. The van der Waals surface area contributed by atoms with Crippen LogP contribution in [-0.2, 0) is 23.8 Å². The van der Waals surface area contributed by atoms with Crippen molar-refractivity contribution in [1.29, 1.82) is 0 Å². The first-order valence-corrected chi connectivity index (χ1v) is 5.12. The predicted molar refractivity (Wildman–Crippen MR) is 66.0 cm³/mol. The molecule has 0 radical (unpaired) electrons. The van der Waals surface area contributed by atoms with E-state index in [2.05, 4.69) is 29.2 Å². The minimum absolute atomic E-state index is 0.137. The van der Waals surface area contributed by atoms with Gasteiger partial charge in [-0.25, -0.2) is 9.59 Å². The van der Waals surface area contributed by atoms with Crippen molar-refractivity contribution in [2.24, 2.45) is 0 Å². The number of carbonyl (C=O) groups excluding carboxylic acids is 2. The van der Waals surface area contributed by atoms with Crippen molar-refractivity contribution < 1.29 is 23.8 Å². The molecule has 5 heteroatoms. The highest BCUT2D eigenvalue weighted by molar-refractivity contribution is 6.01. The van der Waals surface area contributed by atoms with Crippen molar-refractivity contribution in [1.82, 2.24) is 0 Å². The van der Waals surface area contributed by atoms with E-state index in [4.69, 9.17) is 4.74 Å². The summed E-state index contributed by atoms with van der Waals surface area (Å²) in [6.07, 6.45) is 3.78. The van der Waals surface area contributed by atoms with Crippen molar-refractivity contribution in [3.8, 4) is 0 Å². The van der Waals surface area contributed by atoms with Crippen molar-refractivity contribution in [3.63, 3.8) is 0 Å². The molecule has 0 atom stereocenters. The number of ether oxygens (including phenoxy) is 3. The molecule has 0 saturated heterocycles. The molecule has 98 valence electrons. The Hall–Kier alpha value is -2.30. The Morgan fingerprint density at radius 1 is 1.17 bits per heavy atom. The summed E-state index contributed by atoms with van der Waals surface area (Å²) in [4.78, 5) is 22.8. The molecule has 0 heterocycles. The Morgan fingerprint density at radius 3 is 2.39 bits per heavy atom. The lowest BCUT2D eigenvalue weighted by molar-refractivity contribution is -0.154. The molecule has 0 aromatic rings. The van der Waals surface area contributed by atoms with Gasteiger partial charge in [0.05, 0.1) is 24.7 Å². The number of esters is 2. The molecule has 0 fully saturated rings. The van der Waals surface area contributed by atoms with Crippen LogP contribution < -0.4 is 0 Å². The highest BCUT2D eigenvalue weighted by Crippen LogP contribution is 2.05. The zero-order valence-electron chi connectivity index (χ0n) is 10.3. The average molecular weight is 252 g/mol. The summed E-state index contributed by atoms with van der Waals surface area (Å²) in [5, 5.41) is 0. The van der Waals surface area contributed by atoms with Crippen LogP contribution in [0, 0.1) is 0 Å². The quantitative estimate of drug-likeness (QED) is 0.218. The normalized spacial score (nSPS) is 10.2. The molecule has 0 spiro atoms. The maximum Gasteiger partial charge on any atom is 0.344 e. The second kappa shape index (κ2) is 8.81. The zero-order valence-corrected chi connectivity index (χ0v) is 10.3. The van der Waals surface area contributed by atoms with E-state index in [1.54, 1.807) is 0 Å². The molecule has 5 nitrogen and oxygen atoms in total. The third-order valence-corrected chi connectivity index (χ3v) is 1.78. The van der Waals surface area contributed by atoms with Crippen LogP contribution in [0.25, 0.3) is 0 Å². The molecule has 0 amide bonds. The lowest BCUT2D eigenvalue weighted by Crippen LogP contribution is -2.15. The van der Waals surface area contributed by atoms with Gasteiger partial charge < -0.3 is 14.2 Å². The van der Waals surface area contributed by atoms with Gasteiger partial charge in [0.15, 0.2) is 0 Å². The molecule has 0 rings (SSSR count). The predicted octanol–water partition coefficient (Wildman–Crippen LogP) is 2.23. The van der Waals surface area contributed by atoms with E-state index >= 15 is 0 Å². The topological polar surface area (TPSA) is 61.8 Å². The summed E-state index contributed by atoms with van der Waals surface area (Å²) >= 11 is 0. The average Bonchev–Trinajstić information content (AvgIpc) is 2.35. The van der Waals surface area contributed by atoms with Crippen molar-refractivity contribution in [3.05, 3.63) is 49.7 Å². The highest BCUT2D eigenvalue weighted by Gasteiger charge is 2.15. The van der Waals surface area contributed by atoms with Crippen LogP contribution in [0.5, 0.6) is 0 Å². The molecular formula is C13H16O5. The van der Waals surface area contributed by atoms with E-state index in [1.807, 2.05) is 0 Å². The Balaban J connectivity index is 4.21. The van der Waals surface area contributed by atoms with E-state index in [0.717, 1.165) is 12.5 Å². The van der Waals surface area contributed by atoms with E-state index in [0.29, 0.717) is 0 Å². The Morgan fingerprint density at radius 2 is 1.83 bits per heavy atom. The monoisotopic (exact) mass is 252 g/mol. The number of carbonyl (C=O) groups is 2. The van der Waals surface area contributed by atoms with Crippen LogP contribution in [0.15, 0.2) is 49.7 Å². The first kappa shape index (κ1) is 15.7. The SMILES string of the molecule is C=COC=C(C)C(=O)OC(=O)C(=C)CCOC=C. The molecule has 0 bridgehead atoms. The smallest absolute Gasteiger partial charge is 0.344 e. The molecule has 0 N–H and O–H groups in total. The Bertz CT molecular complexity index is 379. The van der Waals surface area contributed by atoms with Gasteiger partial charge in [-0.3, -0.25) is 0 Å². The zero-order chi connectivity index (χ0) is 14.0. The summed E-state index contributed by atoms with van der Waals surface area (Å²) < 4.78 is 14.1. The number of rotatable bonds is 8. The van der Waals surface area contributed by atoms with Gasteiger partial charge in [-0.2, -0.15) is 0 Å². The molecular weight excluding hydrogens is 236 g/mol. The van der Waals surface area contributed by atoms with Crippen LogP contribution in [0.3, 0.4) is 0 Å². The molecule has 18 heavy (non-hydrogen) atoms. The van der Waals surface area contributed by atoms with Gasteiger partial charge in [-0.1, -0.05) is 19.7 Å². The van der Waals surface area contributed by atoms with Crippen LogP contribution in [-0.4, -0.2) is 18.5 Å². The van der Waals surface area contributed by atoms with E-state index in [-0.39, 0.29) is 24.2 Å². The lowest BCUT2D eigenvalue weighted by Gasteiger charge is -2.05. The lowest BCUT2D eigenvalue weighted by atomic mass is 10.2. The highest BCUT2D eigenvalue weighted by atomic mass is 16.6. The summed E-state index contributed by atoms with van der Waals surface area (Å²) in [6, 6.07) is 0. The second-order valence-electron chi connectivity index (χ2n) is 3.17. The van der Waals surface area contributed by atoms with E-state index in [9.17, 15) is 9.59 Å². The molecule has 0 saturated carbocycles. The van der Waals surface area contributed by atoms with Gasteiger partial charge in [0.1, 0.15) is 6.26 Å². The summed E-state index contributed by atoms with van der Waals surface area (Å²) in [6.45, 7) is 11.8. The third-order valence-electron chi connectivity index (χ3n) is 1.78. The van der Waals surface area contributed by atoms with Crippen LogP contribution in [0.4, 0.5) is 0 Å². The molecule has 0 aliphatic rings. The largest absolute Gasteiger partial charge is 0.501 e. The maximum absolute atomic E-state index is 11.4. The van der Waals surface area contributed by atoms with Crippen LogP contribution in [0.2, 0.25) is 0 Å². The van der Waals surface area contributed by atoms with Gasteiger partial charge in [-0.15, -0.1) is 0 Å². The number of hydrogen-bond acceptors (Lipinski definition) is 5. The fraction of sp³-hybridized carbons (Fsp3) is 0.231. The Kier molecular flexibility index (Phi) is 7.68. The fourth-order valence-corrected chi connectivity index (χ4v) is 0.803. The minimum Gasteiger partial charge on any atom is -0.501 e. The number of hydrogen-bond donors (Lipinski definition) is 0. The second-order valence-corrected chi connectivity index (χ2v) is 3.17. The van der Waals surface area contributed by atoms with Crippen molar-refractivity contribution in [2.75, 3.05) is 6.61 Å². The molecule has 0 aromatic heterocycles. The van der Waals surface area contributed by atoms with Crippen LogP contribution >= 0.6 is 0 Å². The van der Waals surface area contributed by atoms with Gasteiger partial charge in [-0.05, 0) is 6.92 Å². The summed E-state index contributed by atoms with van der Waals surface area (Å²) in [5.41, 5.74) is 0.279. The minimum atomic E-state index is -0.798. The van der Waals surface area contributed by atoms with Gasteiger partial charge in [0.25, 0.3) is 0 Å². The van der Waals surface area contributed by atoms with Gasteiger partial charge >= 0.3 is 11.9 Å². The maximum atomic E-state index is 11.4. The third kappa shape index (κ3) is 6.32.